The predicted molar refractivity (Wildman–Crippen MR) is 104 cm³/mol. The van der Waals surface area contributed by atoms with Gasteiger partial charge < -0.3 is 19.5 Å². The largest absolute Gasteiger partial charge is 0.459 e. The fourth-order valence-corrected chi connectivity index (χ4v) is 5.18. The molecule has 28 heavy (non-hydrogen) atoms. The number of anilines is 1. The van der Waals surface area contributed by atoms with Crippen molar-refractivity contribution in [3.8, 4) is 6.07 Å². The highest BCUT2D eigenvalue weighted by Crippen LogP contribution is 2.37. The van der Waals surface area contributed by atoms with Crippen molar-refractivity contribution in [1.29, 1.82) is 5.26 Å². The van der Waals surface area contributed by atoms with Crippen LogP contribution in [-0.4, -0.2) is 49.4 Å². The summed E-state index contributed by atoms with van der Waals surface area (Å²) < 4.78 is 5.18. The number of hydrogen-bond acceptors (Lipinski definition) is 5. The number of quaternary nitrogens is 1. The number of nitriles is 1. The molecule has 4 rings (SSSR count). The first-order valence-electron chi connectivity index (χ1n) is 9.66. The maximum atomic E-state index is 12.5. The van der Waals surface area contributed by atoms with E-state index in [0.29, 0.717) is 49.0 Å². The monoisotopic (exact) mass is 399 g/mol. The second-order valence-electron chi connectivity index (χ2n) is 7.27. The molecule has 146 valence electrons. The van der Waals surface area contributed by atoms with E-state index in [1.54, 1.807) is 28.4 Å². The molecule has 0 spiro atoms. The van der Waals surface area contributed by atoms with Gasteiger partial charge in [-0.1, -0.05) is 0 Å². The third-order valence-corrected chi connectivity index (χ3v) is 6.64. The molecule has 2 amide bonds. The van der Waals surface area contributed by atoms with Gasteiger partial charge in [0.1, 0.15) is 11.1 Å². The summed E-state index contributed by atoms with van der Waals surface area (Å²) in [5.74, 6) is 0.180. The van der Waals surface area contributed by atoms with E-state index in [0.717, 1.165) is 36.1 Å². The maximum Gasteiger partial charge on any atom is 0.289 e. The van der Waals surface area contributed by atoms with E-state index in [2.05, 4.69) is 11.4 Å². The van der Waals surface area contributed by atoms with E-state index in [9.17, 15) is 14.9 Å². The van der Waals surface area contributed by atoms with E-state index in [1.807, 2.05) is 0 Å². The number of thiophene rings is 1. The van der Waals surface area contributed by atoms with Crippen LogP contribution in [0.4, 0.5) is 5.00 Å². The maximum absolute atomic E-state index is 12.5. The summed E-state index contributed by atoms with van der Waals surface area (Å²) in [5.41, 5.74) is 1.78. The summed E-state index contributed by atoms with van der Waals surface area (Å²) in [4.78, 5) is 29.0. The van der Waals surface area contributed by atoms with E-state index >= 15 is 0 Å². The molecule has 0 radical (unpaired) electrons. The highest BCUT2D eigenvalue weighted by molar-refractivity contribution is 7.16. The van der Waals surface area contributed by atoms with Crippen LogP contribution in [0.15, 0.2) is 22.8 Å². The smallest absolute Gasteiger partial charge is 0.289 e. The Hall–Kier alpha value is -2.63. The summed E-state index contributed by atoms with van der Waals surface area (Å²) in [6, 6.07) is 5.65. The Morgan fingerprint density at radius 2 is 2.07 bits per heavy atom. The zero-order chi connectivity index (χ0) is 19.5. The molecular formula is C20H23N4O3S+. The molecule has 3 heterocycles. The van der Waals surface area contributed by atoms with Crippen LogP contribution in [0.5, 0.6) is 0 Å². The van der Waals surface area contributed by atoms with Crippen molar-refractivity contribution in [3.63, 3.8) is 0 Å². The van der Waals surface area contributed by atoms with Gasteiger partial charge in [-0.05, 0) is 43.4 Å². The first-order valence-corrected chi connectivity index (χ1v) is 10.5. The number of amides is 2. The molecule has 0 bridgehead atoms. The summed E-state index contributed by atoms with van der Waals surface area (Å²) in [7, 11) is 0. The molecule has 0 unspecified atom stereocenters. The lowest BCUT2D eigenvalue weighted by molar-refractivity contribution is -0.895. The van der Waals surface area contributed by atoms with Gasteiger partial charge in [0.05, 0.1) is 38.0 Å². The summed E-state index contributed by atoms with van der Waals surface area (Å²) in [6.45, 7) is 2.96. The Labute approximate surface area is 167 Å². The predicted octanol–water partition coefficient (Wildman–Crippen LogP) is 1.07. The molecule has 1 fully saturated rings. The van der Waals surface area contributed by atoms with Crippen molar-refractivity contribution in [2.24, 2.45) is 0 Å². The van der Waals surface area contributed by atoms with Crippen molar-refractivity contribution in [2.45, 2.75) is 25.7 Å². The molecule has 0 saturated carbocycles. The third kappa shape index (κ3) is 3.81. The first kappa shape index (κ1) is 18.7. The minimum Gasteiger partial charge on any atom is -0.459 e. The van der Waals surface area contributed by atoms with Gasteiger partial charge >= 0.3 is 0 Å². The molecule has 2 N–H and O–H groups in total. The van der Waals surface area contributed by atoms with Gasteiger partial charge in [0, 0.05) is 4.88 Å². The number of rotatable bonds is 4. The van der Waals surface area contributed by atoms with Crippen LogP contribution in [0.2, 0.25) is 0 Å². The molecule has 1 aliphatic carbocycles. The van der Waals surface area contributed by atoms with Crippen molar-refractivity contribution < 1.29 is 18.9 Å². The fraction of sp³-hybridized carbons (Fsp3) is 0.450. The lowest BCUT2D eigenvalue weighted by atomic mass is 9.96. The summed E-state index contributed by atoms with van der Waals surface area (Å²) in [6.07, 6.45) is 5.69. The van der Waals surface area contributed by atoms with Crippen LogP contribution in [0.25, 0.3) is 0 Å². The number of carbonyl (C=O) groups is 2. The SMILES string of the molecule is N#Cc1c(NC(=O)C[NH+]2CCN(C(=O)c3ccco3)CC2)sc2c1CCCC2. The number of nitrogens with zero attached hydrogens (tertiary/aromatic N) is 2. The highest BCUT2D eigenvalue weighted by atomic mass is 32.1. The molecule has 2 aliphatic rings. The Kier molecular flexibility index (Phi) is 5.46. The molecular weight excluding hydrogens is 376 g/mol. The molecule has 8 heteroatoms. The van der Waals surface area contributed by atoms with Crippen LogP contribution >= 0.6 is 11.3 Å². The number of aryl methyl sites for hydroxylation is 1. The Morgan fingerprint density at radius 3 is 2.79 bits per heavy atom. The summed E-state index contributed by atoms with van der Waals surface area (Å²) >= 11 is 1.55. The van der Waals surface area contributed by atoms with Gasteiger partial charge in [0.2, 0.25) is 0 Å². The van der Waals surface area contributed by atoms with Gasteiger partial charge in [-0.15, -0.1) is 11.3 Å². The van der Waals surface area contributed by atoms with E-state index in [-0.39, 0.29) is 11.8 Å². The van der Waals surface area contributed by atoms with Gasteiger partial charge in [-0.2, -0.15) is 5.26 Å². The Bertz CT molecular complexity index is 905. The number of hydrogen-bond donors (Lipinski definition) is 2. The minimum atomic E-state index is -0.101. The molecule has 0 aromatic carbocycles. The van der Waals surface area contributed by atoms with E-state index in [1.165, 1.54) is 11.1 Å². The zero-order valence-corrected chi connectivity index (χ0v) is 16.4. The van der Waals surface area contributed by atoms with E-state index < -0.39 is 0 Å². The minimum absolute atomic E-state index is 0.0732. The fourth-order valence-electron chi connectivity index (χ4n) is 3.93. The van der Waals surface area contributed by atoms with Crippen molar-refractivity contribution in [3.05, 3.63) is 40.2 Å². The number of carbonyl (C=O) groups excluding carboxylic acids is 2. The van der Waals surface area contributed by atoms with Crippen LogP contribution in [-0.2, 0) is 17.6 Å². The zero-order valence-electron chi connectivity index (χ0n) is 15.6. The van der Waals surface area contributed by atoms with Crippen molar-refractivity contribution >= 4 is 28.2 Å². The molecule has 2 aromatic heterocycles. The molecule has 1 saturated heterocycles. The molecule has 7 nitrogen and oxygen atoms in total. The van der Waals surface area contributed by atoms with E-state index in [4.69, 9.17) is 4.42 Å². The topological polar surface area (TPSA) is 90.8 Å². The van der Waals surface area contributed by atoms with Gasteiger partial charge in [0.15, 0.2) is 12.3 Å². The Morgan fingerprint density at radius 1 is 1.29 bits per heavy atom. The van der Waals surface area contributed by atoms with Crippen LogP contribution in [0, 0.1) is 11.3 Å². The van der Waals surface area contributed by atoms with Crippen LogP contribution < -0.4 is 10.2 Å². The van der Waals surface area contributed by atoms with Crippen LogP contribution in [0.1, 0.15) is 39.4 Å². The number of fused-ring (bicyclic) bond motifs is 1. The normalized spacial score (nSPS) is 17.0. The molecule has 2 aromatic rings. The summed E-state index contributed by atoms with van der Waals surface area (Å²) in [5, 5.41) is 13.2. The van der Waals surface area contributed by atoms with Gasteiger partial charge in [-0.3, -0.25) is 9.59 Å². The van der Waals surface area contributed by atoms with Crippen molar-refractivity contribution in [2.75, 3.05) is 38.0 Å². The highest BCUT2D eigenvalue weighted by Gasteiger charge is 2.28. The third-order valence-electron chi connectivity index (χ3n) is 5.44. The van der Waals surface area contributed by atoms with Gasteiger partial charge in [-0.25, -0.2) is 0 Å². The number of furan rings is 1. The lowest BCUT2D eigenvalue weighted by Crippen LogP contribution is -3.15. The van der Waals surface area contributed by atoms with Crippen molar-refractivity contribution in [1.82, 2.24) is 4.90 Å². The lowest BCUT2D eigenvalue weighted by Gasteiger charge is -2.31. The molecule has 0 atom stereocenters. The number of piperazine rings is 1. The Balaban J connectivity index is 1.31. The van der Waals surface area contributed by atoms with Gasteiger partial charge in [0.25, 0.3) is 11.8 Å². The quantitative estimate of drug-likeness (QED) is 0.805. The number of nitrogens with one attached hydrogen (secondary N) is 2. The average molecular weight is 399 g/mol. The average Bonchev–Trinajstić information content (AvgIpc) is 3.35. The van der Waals surface area contributed by atoms with Crippen LogP contribution in [0.3, 0.4) is 0 Å². The second kappa shape index (κ2) is 8.17. The standard InChI is InChI=1S/C20H22N4O3S/c21-12-15-14-4-1-2-6-17(14)28-19(15)22-18(25)13-23-7-9-24(10-8-23)20(26)16-5-3-11-27-16/h3,5,11H,1-2,4,6-10,13H2,(H,22,25)/p+1. The molecule has 1 aliphatic heterocycles. The first-order chi connectivity index (χ1) is 13.7. The second-order valence-corrected chi connectivity index (χ2v) is 8.38.